The highest BCUT2D eigenvalue weighted by atomic mass is 32.2. The molecule has 2 heterocycles. The first kappa shape index (κ1) is 29.8. The van der Waals surface area contributed by atoms with Gasteiger partial charge in [-0.05, 0) is 87.4 Å². The average molecular weight is 587 g/mol. The van der Waals surface area contributed by atoms with Gasteiger partial charge in [0.1, 0.15) is 6.10 Å². The molecule has 10 nitrogen and oxygen atoms in total. The Labute approximate surface area is 242 Å². The van der Waals surface area contributed by atoms with Crippen LogP contribution in [0.2, 0.25) is 0 Å². The number of carbonyl (C=O) groups is 1. The lowest BCUT2D eigenvalue weighted by molar-refractivity contribution is 0.0638. The molecule has 11 heteroatoms. The van der Waals surface area contributed by atoms with E-state index in [0.29, 0.717) is 37.2 Å². The Balaban J connectivity index is 1.33. The monoisotopic (exact) mass is 586 g/mol. The summed E-state index contributed by atoms with van der Waals surface area (Å²) in [7, 11) is -1.96. The number of carbonyl (C=O) groups excluding carboxylic acids is 1. The number of likely N-dealkylation sites (tertiary alicyclic amines) is 1. The molecular weight excluding hydrogens is 544 g/mol. The maximum absolute atomic E-state index is 13.8. The second-order valence-electron chi connectivity index (χ2n) is 11.7. The number of aliphatic hydroxyl groups excluding tert-OH is 1. The zero-order valence-corrected chi connectivity index (χ0v) is 24.4. The van der Waals surface area contributed by atoms with E-state index in [1.807, 2.05) is 37.4 Å². The summed E-state index contributed by atoms with van der Waals surface area (Å²) in [5.41, 5.74) is 7.19. The van der Waals surface area contributed by atoms with Crippen molar-refractivity contribution in [1.29, 1.82) is 0 Å². The van der Waals surface area contributed by atoms with Crippen molar-refractivity contribution >= 4 is 21.8 Å². The molecule has 5 rings (SSSR count). The first-order chi connectivity index (χ1) is 19.7. The zero-order chi connectivity index (χ0) is 29.0. The van der Waals surface area contributed by atoms with Crippen molar-refractivity contribution in [1.82, 2.24) is 14.5 Å². The molecule has 224 valence electrons. The zero-order valence-electron chi connectivity index (χ0n) is 23.6. The van der Waals surface area contributed by atoms with E-state index < -0.39 is 28.3 Å². The third-order valence-corrected chi connectivity index (χ3v) is 10.6. The maximum atomic E-state index is 13.8. The highest BCUT2D eigenvalue weighted by Gasteiger charge is 2.40. The van der Waals surface area contributed by atoms with Gasteiger partial charge in [-0.25, -0.2) is 13.2 Å². The predicted octanol–water partition coefficient (Wildman–Crippen LogP) is 2.48. The number of aliphatic hydroxyl groups is 1. The van der Waals surface area contributed by atoms with E-state index in [9.17, 15) is 18.3 Å². The highest BCUT2D eigenvalue weighted by Crippen LogP contribution is 2.38. The Kier molecular flexibility index (Phi) is 9.50. The van der Waals surface area contributed by atoms with Gasteiger partial charge in [-0.2, -0.15) is 4.31 Å². The number of alkyl carbamates (subject to hydrolysis) is 1. The van der Waals surface area contributed by atoms with E-state index in [4.69, 9.17) is 15.2 Å². The number of nitrogen functional groups attached to an aromatic ring is 1. The Morgan fingerprint density at radius 2 is 1.83 bits per heavy atom. The molecule has 0 radical (unpaired) electrons. The number of hydrogen-bond donors (Lipinski definition) is 3. The summed E-state index contributed by atoms with van der Waals surface area (Å²) >= 11 is 0. The third-order valence-electron chi connectivity index (χ3n) is 8.80. The Hall–Kier alpha value is -2.70. The molecule has 2 aromatic carbocycles. The van der Waals surface area contributed by atoms with Crippen LogP contribution in [0, 0.1) is 11.8 Å². The van der Waals surface area contributed by atoms with E-state index in [1.165, 1.54) is 16.4 Å². The minimum Gasteiger partial charge on any atom is -0.446 e. The van der Waals surface area contributed by atoms with Crippen LogP contribution in [-0.4, -0.2) is 93.0 Å². The smallest absolute Gasteiger partial charge is 0.407 e. The van der Waals surface area contributed by atoms with Gasteiger partial charge in [-0.15, -0.1) is 0 Å². The normalized spacial score (nSPS) is 26.1. The Morgan fingerprint density at radius 3 is 2.46 bits per heavy atom. The number of likely N-dealkylation sites (N-methyl/N-ethyl adjacent to an activating group) is 1. The number of sulfonamides is 1. The van der Waals surface area contributed by atoms with E-state index in [1.54, 1.807) is 12.1 Å². The van der Waals surface area contributed by atoms with Gasteiger partial charge in [0.2, 0.25) is 10.0 Å². The van der Waals surface area contributed by atoms with Gasteiger partial charge in [0.15, 0.2) is 0 Å². The fourth-order valence-corrected chi connectivity index (χ4v) is 7.86. The van der Waals surface area contributed by atoms with Crippen LogP contribution in [-0.2, 0) is 25.9 Å². The molecule has 4 N–H and O–H groups in total. The molecule has 0 bridgehead atoms. The standard InChI is InChI=1S/C30H42N4O6S/c1-33-13-5-8-25(33)17-34(41(37,38)27-11-9-24(31)10-12-27)18-29(35)28(14-21-6-3-2-4-7-21)32-30(36)40-26-15-22-19-39-20-23(22)16-26/h2-4,6-7,9-12,22-23,25-26,28-29,35H,5,8,13-20,31H2,1H3,(H,32,36)/t22-,23?,25+,26-,28-,29+/m0/s1. The van der Waals surface area contributed by atoms with Crippen LogP contribution in [0.4, 0.5) is 10.5 Å². The van der Waals surface area contributed by atoms with Crippen molar-refractivity contribution in [3.8, 4) is 0 Å². The Bertz CT molecular complexity index is 1250. The number of nitrogens with one attached hydrogen (secondary N) is 1. The van der Waals surface area contributed by atoms with Crippen molar-refractivity contribution in [3.63, 3.8) is 0 Å². The molecule has 0 aromatic heterocycles. The van der Waals surface area contributed by atoms with Gasteiger partial charge < -0.3 is 30.5 Å². The van der Waals surface area contributed by atoms with Crippen LogP contribution in [0.3, 0.4) is 0 Å². The number of benzene rings is 2. The molecule has 2 aliphatic heterocycles. The number of anilines is 1. The number of nitrogens with two attached hydrogens (primary N) is 1. The molecule has 1 saturated carbocycles. The topological polar surface area (TPSA) is 134 Å². The molecule has 3 aliphatic rings. The van der Waals surface area contributed by atoms with E-state index in [0.717, 1.165) is 37.8 Å². The first-order valence-corrected chi connectivity index (χ1v) is 16.0. The summed E-state index contributed by atoms with van der Waals surface area (Å²) in [6, 6.07) is 14.9. The van der Waals surface area contributed by atoms with Crippen molar-refractivity contribution < 1.29 is 27.8 Å². The first-order valence-electron chi connectivity index (χ1n) is 14.5. The lowest BCUT2D eigenvalue weighted by Gasteiger charge is -2.32. The van der Waals surface area contributed by atoms with Gasteiger partial charge >= 0.3 is 6.09 Å². The number of nitrogens with zero attached hydrogens (tertiary/aromatic N) is 2. The molecule has 2 aromatic rings. The molecule has 3 fully saturated rings. The lowest BCUT2D eigenvalue weighted by atomic mass is 10.0. The van der Waals surface area contributed by atoms with Crippen LogP contribution in [0.1, 0.15) is 31.2 Å². The van der Waals surface area contributed by atoms with Crippen molar-refractivity contribution in [3.05, 3.63) is 60.2 Å². The minimum absolute atomic E-state index is 0.0297. The quantitative estimate of drug-likeness (QED) is 0.342. The van der Waals surface area contributed by atoms with Gasteiger partial charge in [0, 0.05) is 38.0 Å². The number of ether oxygens (including phenoxy) is 2. The van der Waals surface area contributed by atoms with Crippen LogP contribution >= 0.6 is 0 Å². The molecule has 0 spiro atoms. The third kappa shape index (κ3) is 7.39. The van der Waals surface area contributed by atoms with Gasteiger partial charge in [-0.1, -0.05) is 30.3 Å². The molecule has 2 saturated heterocycles. The molecule has 41 heavy (non-hydrogen) atoms. The van der Waals surface area contributed by atoms with Crippen molar-refractivity contribution in [2.24, 2.45) is 11.8 Å². The van der Waals surface area contributed by atoms with E-state index in [-0.39, 0.29) is 30.1 Å². The van der Waals surface area contributed by atoms with Crippen LogP contribution in [0.25, 0.3) is 0 Å². The minimum atomic E-state index is -3.95. The fraction of sp³-hybridized carbons (Fsp3) is 0.567. The van der Waals surface area contributed by atoms with Crippen molar-refractivity contribution in [2.75, 3.05) is 45.6 Å². The average Bonchev–Trinajstić information content (AvgIpc) is 3.65. The molecule has 6 atom stereocenters. The molecule has 1 amide bonds. The van der Waals surface area contributed by atoms with Gasteiger partial charge in [-0.3, -0.25) is 0 Å². The van der Waals surface area contributed by atoms with E-state index in [2.05, 4.69) is 10.2 Å². The van der Waals surface area contributed by atoms with E-state index >= 15 is 0 Å². The number of fused-ring (bicyclic) bond motifs is 1. The summed E-state index contributed by atoms with van der Waals surface area (Å²) in [5.74, 6) is 0.832. The predicted molar refractivity (Wildman–Crippen MR) is 156 cm³/mol. The second-order valence-corrected chi connectivity index (χ2v) is 13.7. The largest absolute Gasteiger partial charge is 0.446 e. The summed E-state index contributed by atoms with van der Waals surface area (Å²) in [6.07, 6.45) is 1.74. The van der Waals surface area contributed by atoms with Crippen molar-refractivity contribution in [2.45, 2.75) is 61.3 Å². The molecular formula is C30H42N4O6S. The number of amides is 1. The summed E-state index contributed by atoms with van der Waals surface area (Å²) in [4.78, 5) is 15.3. The van der Waals surface area contributed by atoms with Crippen LogP contribution < -0.4 is 11.1 Å². The fourth-order valence-electron chi connectivity index (χ4n) is 6.36. The molecule has 1 unspecified atom stereocenters. The summed E-state index contributed by atoms with van der Waals surface area (Å²) in [6.45, 7) is 2.35. The van der Waals surface area contributed by atoms with Crippen LogP contribution in [0.5, 0.6) is 0 Å². The number of rotatable bonds is 11. The van der Waals surface area contributed by atoms with Crippen LogP contribution in [0.15, 0.2) is 59.5 Å². The number of hydrogen-bond acceptors (Lipinski definition) is 8. The summed E-state index contributed by atoms with van der Waals surface area (Å²) in [5, 5.41) is 14.4. The lowest BCUT2D eigenvalue weighted by Crippen LogP contribution is -2.52. The second kappa shape index (κ2) is 13.1. The highest BCUT2D eigenvalue weighted by molar-refractivity contribution is 7.89. The Morgan fingerprint density at radius 1 is 1.15 bits per heavy atom. The molecule has 1 aliphatic carbocycles. The SMILES string of the molecule is CN1CCC[C@@H]1CN(C[C@@H](O)[C@H](Cc1ccccc1)NC(=O)O[C@@H]1CC2COC[C@@H]2C1)S(=O)(=O)c1ccc(N)cc1. The maximum Gasteiger partial charge on any atom is 0.407 e. The van der Waals surface area contributed by atoms with Gasteiger partial charge in [0.05, 0.1) is 17.0 Å². The van der Waals surface area contributed by atoms with Gasteiger partial charge in [0.25, 0.3) is 0 Å². The summed E-state index contributed by atoms with van der Waals surface area (Å²) < 4.78 is 40.3.